The van der Waals surface area contributed by atoms with Crippen molar-refractivity contribution in [3.05, 3.63) is 47.5 Å². The molecule has 1 saturated heterocycles. The van der Waals surface area contributed by atoms with Crippen LogP contribution in [0, 0.1) is 0 Å². The summed E-state index contributed by atoms with van der Waals surface area (Å²) < 4.78 is 0. The predicted octanol–water partition coefficient (Wildman–Crippen LogP) is 1.83. The van der Waals surface area contributed by atoms with Crippen LogP contribution < -0.4 is 5.32 Å². The minimum absolute atomic E-state index is 0.246. The quantitative estimate of drug-likeness (QED) is 0.366. The maximum absolute atomic E-state index is 12.5. The first kappa shape index (κ1) is 19.0. The first-order valence-electron chi connectivity index (χ1n) is 10.4. The standard InChI is InChI=1S/C22H31N5O/c1-23-22(26-14-10-20(17-26)25-12-4-5-13-25)24-11-6-9-21(28)27-15-18-7-2-3-8-19(18)16-27/h2-5,7-8,20H,6,9-17H2,1H3,(H,23,24). The number of likely N-dealkylation sites (tertiary alicyclic amines) is 1. The van der Waals surface area contributed by atoms with Gasteiger partial charge in [0.15, 0.2) is 5.96 Å². The third kappa shape index (κ3) is 4.22. The summed E-state index contributed by atoms with van der Waals surface area (Å²) in [5.74, 6) is 1.21. The Morgan fingerprint density at radius 2 is 1.86 bits per heavy atom. The molecule has 0 saturated carbocycles. The molecule has 6 heteroatoms. The van der Waals surface area contributed by atoms with Gasteiger partial charge in [0.2, 0.25) is 5.91 Å². The molecule has 150 valence electrons. The largest absolute Gasteiger partial charge is 0.356 e. The van der Waals surface area contributed by atoms with Crippen molar-refractivity contribution in [2.24, 2.45) is 4.99 Å². The number of benzene rings is 1. The van der Waals surface area contributed by atoms with Gasteiger partial charge < -0.3 is 15.1 Å². The van der Waals surface area contributed by atoms with Crippen molar-refractivity contribution in [1.82, 2.24) is 20.0 Å². The van der Waals surface area contributed by atoms with Crippen LogP contribution in [0.3, 0.4) is 0 Å². The number of aliphatic imine (C=N–C) groups is 1. The maximum Gasteiger partial charge on any atom is 0.223 e. The van der Waals surface area contributed by atoms with Crippen LogP contribution in [0.2, 0.25) is 0 Å². The van der Waals surface area contributed by atoms with Crippen LogP contribution in [0.1, 0.15) is 30.4 Å². The molecule has 1 atom stereocenters. The zero-order valence-electron chi connectivity index (χ0n) is 16.8. The Hall–Kier alpha value is -2.34. The summed E-state index contributed by atoms with van der Waals surface area (Å²) in [5, 5.41) is 3.46. The Morgan fingerprint density at radius 1 is 1.14 bits per heavy atom. The second kappa shape index (κ2) is 8.78. The minimum atomic E-state index is 0.246. The van der Waals surface area contributed by atoms with Crippen molar-refractivity contribution in [1.29, 1.82) is 0 Å². The lowest BCUT2D eigenvalue weighted by Crippen LogP contribution is -2.43. The third-order valence-corrected chi connectivity index (χ3v) is 6.08. The van der Waals surface area contributed by atoms with Gasteiger partial charge in [-0.3, -0.25) is 14.7 Å². The highest BCUT2D eigenvalue weighted by molar-refractivity contribution is 5.80. The van der Waals surface area contributed by atoms with E-state index >= 15 is 0 Å². The summed E-state index contributed by atoms with van der Waals surface area (Å²) in [7, 11) is 1.85. The second-order valence-corrected chi connectivity index (χ2v) is 7.91. The summed E-state index contributed by atoms with van der Waals surface area (Å²) in [6.45, 7) is 6.53. The lowest BCUT2D eigenvalue weighted by Gasteiger charge is -2.25. The van der Waals surface area contributed by atoms with Gasteiger partial charge in [0.1, 0.15) is 0 Å². The Balaban J connectivity index is 1.17. The van der Waals surface area contributed by atoms with Gasteiger partial charge in [-0.25, -0.2) is 0 Å². The molecule has 4 rings (SSSR count). The molecule has 0 aromatic heterocycles. The van der Waals surface area contributed by atoms with Crippen LogP contribution in [0.15, 0.2) is 41.4 Å². The second-order valence-electron chi connectivity index (χ2n) is 7.91. The van der Waals surface area contributed by atoms with Gasteiger partial charge >= 0.3 is 0 Å². The van der Waals surface area contributed by atoms with Crippen molar-refractivity contribution in [2.45, 2.75) is 38.4 Å². The van der Waals surface area contributed by atoms with E-state index in [0.717, 1.165) is 58.2 Å². The van der Waals surface area contributed by atoms with E-state index < -0.39 is 0 Å². The fourth-order valence-corrected chi connectivity index (χ4v) is 4.46. The number of nitrogens with one attached hydrogen (secondary N) is 1. The monoisotopic (exact) mass is 381 g/mol. The summed E-state index contributed by atoms with van der Waals surface area (Å²) in [5.41, 5.74) is 2.57. The van der Waals surface area contributed by atoms with Gasteiger partial charge in [0.05, 0.1) is 0 Å². The lowest BCUT2D eigenvalue weighted by molar-refractivity contribution is -0.131. The van der Waals surface area contributed by atoms with Gasteiger partial charge in [0, 0.05) is 65.3 Å². The fourth-order valence-electron chi connectivity index (χ4n) is 4.46. The predicted molar refractivity (Wildman–Crippen MR) is 112 cm³/mol. The van der Waals surface area contributed by atoms with Gasteiger partial charge in [-0.2, -0.15) is 0 Å². The number of nitrogens with zero attached hydrogens (tertiary/aromatic N) is 4. The van der Waals surface area contributed by atoms with Crippen molar-refractivity contribution >= 4 is 11.9 Å². The third-order valence-electron chi connectivity index (χ3n) is 6.08. The normalized spacial score (nSPS) is 22.2. The number of hydrogen-bond acceptors (Lipinski definition) is 3. The molecule has 6 nitrogen and oxygen atoms in total. The molecule has 3 heterocycles. The minimum Gasteiger partial charge on any atom is -0.356 e. The topological polar surface area (TPSA) is 51.2 Å². The Labute approximate surface area is 167 Å². The zero-order chi connectivity index (χ0) is 19.3. The average molecular weight is 382 g/mol. The molecule has 0 bridgehead atoms. The number of fused-ring (bicyclic) bond motifs is 1. The van der Waals surface area contributed by atoms with Crippen molar-refractivity contribution in [2.75, 3.05) is 39.8 Å². The number of hydrogen-bond donors (Lipinski definition) is 1. The van der Waals surface area contributed by atoms with E-state index in [1.165, 1.54) is 17.5 Å². The highest BCUT2D eigenvalue weighted by Crippen LogP contribution is 2.23. The zero-order valence-corrected chi connectivity index (χ0v) is 16.8. The van der Waals surface area contributed by atoms with Crippen molar-refractivity contribution < 1.29 is 4.79 Å². The number of rotatable bonds is 5. The Kier molecular flexibility index (Phi) is 5.95. The Bertz CT molecular complexity index is 726. The number of amides is 1. The molecule has 3 aliphatic heterocycles. The molecule has 28 heavy (non-hydrogen) atoms. The number of guanidine groups is 1. The molecule has 0 aliphatic carbocycles. The number of carbonyl (C=O) groups is 1. The van der Waals surface area contributed by atoms with Crippen LogP contribution >= 0.6 is 0 Å². The van der Waals surface area contributed by atoms with E-state index in [1.54, 1.807) is 0 Å². The van der Waals surface area contributed by atoms with Crippen LogP contribution in [0.4, 0.5) is 0 Å². The van der Waals surface area contributed by atoms with Crippen molar-refractivity contribution in [3.63, 3.8) is 0 Å². The number of carbonyl (C=O) groups excluding carboxylic acids is 1. The van der Waals surface area contributed by atoms with Crippen LogP contribution in [0.25, 0.3) is 0 Å². The maximum atomic E-state index is 12.5. The molecular weight excluding hydrogens is 350 g/mol. The molecule has 0 radical (unpaired) electrons. The van der Waals surface area contributed by atoms with E-state index in [9.17, 15) is 4.79 Å². The van der Waals surface area contributed by atoms with Gasteiger partial charge in [-0.1, -0.05) is 36.4 Å². The molecule has 1 aromatic rings. The van der Waals surface area contributed by atoms with Crippen molar-refractivity contribution in [3.8, 4) is 0 Å². The Morgan fingerprint density at radius 3 is 2.54 bits per heavy atom. The molecule has 1 unspecified atom stereocenters. The summed E-state index contributed by atoms with van der Waals surface area (Å²) >= 11 is 0. The van der Waals surface area contributed by atoms with Gasteiger partial charge in [0.25, 0.3) is 0 Å². The van der Waals surface area contributed by atoms with Crippen LogP contribution in [0.5, 0.6) is 0 Å². The highest BCUT2D eigenvalue weighted by Gasteiger charge is 2.29. The van der Waals surface area contributed by atoms with Crippen LogP contribution in [-0.2, 0) is 17.9 Å². The molecule has 1 aromatic carbocycles. The van der Waals surface area contributed by atoms with Gasteiger partial charge in [-0.15, -0.1) is 0 Å². The van der Waals surface area contributed by atoms with E-state index in [1.807, 2.05) is 24.1 Å². The van der Waals surface area contributed by atoms with Gasteiger partial charge in [-0.05, 0) is 24.0 Å². The first-order valence-corrected chi connectivity index (χ1v) is 10.4. The molecular formula is C22H31N5O. The lowest BCUT2D eigenvalue weighted by atomic mass is 10.1. The molecule has 1 amide bonds. The van der Waals surface area contributed by atoms with Crippen LogP contribution in [-0.4, -0.2) is 72.4 Å². The smallest absolute Gasteiger partial charge is 0.223 e. The summed E-state index contributed by atoms with van der Waals surface area (Å²) in [6, 6.07) is 8.95. The SMILES string of the molecule is CN=C(NCCCC(=O)N1Cc2ccccc2C1)N1CCC(N2CC=CC2)C1. The van der Waals surface area contributed by atoms with E-state index in [2.05, 4.69) is 44.4 Å². The first-order chi connectivity index (χ1) is 13.7. The molecule has 1 N–H and O–H groups in total. The van der Waals surface area contributed by atoms with E-state index in [0.29, 0.717) is 12.5 Å². The highest BCUT2D eigenvalue weighted by atomic mass is 16.2. The van der Waals surface area contributed by atoms with E-state index in [-0.39, 0.29) is 5.91 Å². The average Bonchev–Trinajstić information content (AvgIpc) is 3.47. The molecule has 0 spiro atoms. The van der Waals surface area contributed by atoms with E-state index in [4.69, 9.17) is 0 Å². The summed E-state index contributed by atoms with van der Waals surface area (Å²) in [4.78, 5) is 23.8. The molecule has 3 aliphatic rings. The fraction of sp³-hybridized carbons (Fsp3) is 0.545. The molecule has 1 fully saturated rings. The summed E-state index contributed by atoms with van der Waals surface area (Å²) in [6.07, 6.45) is 7.12.